The number of anilines is 2. The molecule has 2 saturated heterocycles. The molecule has 2 fully saturated rings. The molecule has 150 valence electrons. The third kappa shape index (κ3) is 2.88. The molecule has 0 spiro atoms. The molecule has 0 bridgehead atoms. The monoisotopic (exact) mass is 402 g/mol. The molecule has 2 heterocycles. The highest BCUT2D eigenvalue weighted by molar-refractivity contribution is 6.23. The van der Waals surface area contributed by atoms with Crippen molar-refractivity contribution in [2.75, 3.05) is 9.96 Å². The Hall–Kier alpha value is -3.51. The molecule has 3 atom stereocenters. The third-order valence-corrected chi connectivity index (χ3v) is 5.63. The van der Waals surface area contributed by atoms with Crippen molar-refractivity contribution in [3.05, 3.63) is 95.8 Å². The second kappa shape index (κ2) is 7.07. The molecule has 3 aromatic carbocycles. The van der Waals surface area contributed by atoms with Crippen LogP contribution in [0.4, 0.5) is 15.8 Å². The van der Waals surface area contributed by atoms with Gasteiger partial charge in [0.2, 0.25) is 5.91 Å². The van der Waals surface area contributed by atoms with Gasteiger partial charge in [0, 0.05) is 0 Å². The molecular formula is C24H19FN2O3. The minimum Gasteiger partial charge on any atom is -0.273 e. The number of halogens is 1. The molecule has 0 aliphatic carbocycles. The molecule has 0 saturated carbocycles. The Morgan fingerprint density at radius 1 is 0.800 bits per heavy atom. The van der Waals surface area contributed by atoms with Crippen molar-refractivity contribution >= 4 is 23.2 Å². The Balaban J connectivity index is 1.58. The first-order valence-corrected chi connectivity index (χ1v) is 9.75. The molecule has 3 aromatic rings. The maximum atomic E-state index is 13.5. The number of rotatable bonds is 3. The lowest BCUT2D eigenvalue weighted by Crippen LogP contribution is -2.37. The van der Waals surface area contributed by atoms with Crippen LogP contribution in [-0.2, 0) is 14.4 Å². The highest BCUT2D eigenvalue weighted by Crippen LogP contribution is 2.47. The van der Waals surface area contributed by atoms with Gasteiger partial charge in [0.1, 0.15) is 11.7 Å². The van der Waals surface area contributed by atoms with E-state index in [0.29, 0.717) is 11.3 Å². The first-order chi connectivity index (χ1) is 14.5. The van der Waals surface area contributed by atoms with E-state index in [-0.39, 0.29) is 17.6 Å². The van der Waals surface area contributed by atoms with Crippen LogP contribution in [0.15, 0.2) is 78.9 Å². The third-order valence-electron chi connectivity index (χ3n) is 5.63. The number of amides is 2. The topological polar surface area (TPSA) is 49.9 Å². The quantitative estimate of drug-likeness (QED) is 0.617. The van der Waals surface area contributed by atoms with Gasteiger partial charge in [0.05, 0.1) is 17.4 Å². The Labute approximate surface area is 173 Å². The molecule has 5 nitrogen and oxygen atoms in total. The molecule has 5 rings (SSSR count). The van der Waals surface area contributed by atoms with E-state index in [1.54, 1.807) is 29.3 Å². The number of carbonyl (C=O) groups is 2. The Morgan fingerprint density at radius 3 is 2.13 bits per heavy atom. The molecule has 0 unspecified atom stereocenters. The number of para-hydroxylation sites is 1. The van der Waals surface area contributed by atoms with E-state index in [9.17, 15) is 14.0 Å². The zero-order valence-electron chi connectivity index (χ0n) is 16.2. The summed E-state index contributed by atoms with van der Waals surface area (Å²) in [4.78, 5) is 33.9. The maximum absolute atomic E-state index is 13.5. The van der Waals surface area contributed by atoms with Gasteiger partial charge in [-0.3, -0.25) is 14.4 Å². The summed E-state index contributed by atoms with van der Waals surface area (Å²) in [6, 6.07) is 22.0. The van der Waals surface area contributed by atoms with E-state index < -0.39 is 18.1 Å². The first-order valence-electron chi connectivity index (χ1n) is 9.75. The lowest BCUT2D eigenvalue weighted by Gasteiger charge is -2.28. The van der Waals surface area contributed by atoms with Crippen LogP contribution in [0.25, 0.3) is 0 Å². The fourth-order valence-electron chi connectivity index (χ4n) is 4.16. The van der Waals surface area contributed by atoms with Crippen molar-refractivity contribution in [2.45, 2.75) is 19.1 Å². The molecule has 0 radical (unpaired) electrons. The maximum Gasteiger partial charge on any atom is 0.266 e. The summed E-state index contributed by atoms with van der Waals surface area (Å²) >= 11 is 0. The second-order valence-electron chi connectivity index (χ2n) is 7.56. The van der Waals surface area contributed by atoms with Gasteiger partial charge in [-0.15, -0.1) is 0 Å². The summed E-state index contributed by atoms with van der Waals surface area (Å²) in [5.41, 5.74) is 3.00. The SMILES string of the molecule is Cc1ccc(N2C(=O)[C@@H]3[C@@H](c4ccc(F)cc4)N(c4ccccc4)O[C@H]3C2=O)cc1. The average Bonchev–Trinajstić information content (AvgIpc) is 3.27. The fourth-order valence-corrected chi connectivity index (χ4v) is 4.16. The molecule has 6 heteroatoms. The summed E-state index contributed by atoms with van der Waals surface area (Å²) in [5, 5.41) is 1.60. The van der Waals surface area contributed by atoms with Crippen molar-refractivity contribution in [3.63, 3.8) is 0 Å². The number of hydrogen-bond donors (Lipinski definition) is 0. The van der Waals surface area contributed by atoms with Crippen LogP contribution in [0, 0.1) is 18.7 Å². The average molecular weight is 402 g/mol. The predicted molar refractivity (Wildman–Crippen MR) is 110 cm³/mol. The zero-order valence-corrected chi connectivity index (χ0v) is 16.2. The van der Waals surface area contributed by atoms with Crippen molar-refractivity contribution in [3.8, 4) is 0 Å². The lowest BCUT2D eigenvalue weighted by atomic mass is 9.90. The van der Waals surface area contributed by atoms with Crippen LogP contribution < -0.4 is 9.96 Å². The number of carbonyl (C=O) groups excluding carboxylic acids is 2. The van der Waals surface area contributed by atoms with Gasteiger partial charge in [-0.1, -0.05) is 48.0 Å². The Morgan fingerprint density at radius 2 is 1.47 bits per heavy atom. The van der Waals surface area contributed by atoms with Gasteiger partial charge in [0.25, 0.3) is 5.91 Å². The van der Waals surface area contributed by atoms with E-state index in [2.05, 4.69) is 0 Å². The minimum absolute atomic E-state index is 0.318. The van der Waals surface area contributed by atoms with Crippen molar-refractivity contribution < 1.29 is 18.8 Å². The van der Waals surface area contributed by atoms with E-state index in [4.69, 9.17) is 4.84 Å². The van der Waals surface area contributed by atoms with E-state index in [1.807, 2.05) is 49.4 Å². The molecular weight excluding hydrogens is 383 g/mol. The van der Waals surface area contributed by atoms with Gasteiger partial charge in [-0.05, 0) is 48.9 Å². The molecule has 2 amide bonds. The van der Waals surface area contributed by atoms with E-state index >= 15 is 0 Å². The van der Waals surface area contributed by atoms with Gasteiger partial charge in [-0.25, -0.2) is 14.4 Å². The summed E-state index contributed by atoms with van der Waals surface area (Å²) in [6.45, 7) is 1.94. The van der Waals surface area contributed by atoms with Crippen LogP contribution in [0.3, 0.4) is 0 Å². The Kier molecular flexibility index (Phi) is 4.37. The second-order valence-corrected chi connectivity index (χ2v) is 7.56. The van der Waals surface area contributed by atoms with Crippen LogP contribution >= 0.6 is 0 Å². The van der Waals surface area contributed by atoms with Crippen molar-refractivity contribution in [1.82, 2.24) is 0 Å². The first kappa shape index (κ1) is 18.5. The van der Waals surface area contributed by atoms with Gasteiger partial charge >= 0.3 is 0 Å². The van der Waals surface area contributed by atoms with E-state index in [1.165, 1.54) is 17.0 Å². The Bertz CT molecular complexity index is 1100. The van der Waals surface area contributed by atoms with Gasteiger partial charge in [0.15, 0.2) is 6.10 Å². The van der Waals surface area contributed by atoms with Crippen LogP contribution in [0.2, 0.25) is 0 Å². The van der Waals surface area contributed by atoms with Gasteiger partial charge < -0.3 is 0 Å². The summed E-state index contributed by atoms with van der Waals surface area (Å²) in [6.07, 6.45) is -0.936. The number of imide groups is 1. The smallest absolute Gasteiger partial charge is 0.266 e. The zero-order chi connectivity index (χ0) is 20.8. The molecule has 0 aromatic heterocycles. The van der Waals surface area contributed by atoms with E-state index in [0.717, 1.165) is 11.3 Å². The highest BCUT2D eigenvalue weighted by Gasteiger charge is 2.60. The van der Waals surface area contributed by atoms with Gasteiger partial charge in [-0.2, -0.15) is 0 Å². The number of fused-ring (bicyclic) bond motifs is 1. The minimum atomic E-state index is -0.936. The molecule has 30 heavy (non-hydrogen) atoms. The standard InChI is InChI=1S/C24H19FN2O3/c1-15-7-13-18(14-8-15)26-23(28)20-21(16-9-11-17(25)12-10-16)27(30-22(20)24(26)29)19-5-3-2-4-6-19/h2-14,20-22H,1H3/t20-,21-,22-/m1/s1. The molecule has 0 N–H and O–H groups in total. The number of hydrogen-bond acceptors (Lipinski definition) is 4. The van der Waals surface area contributed by atoms with Crippen LogP contribution in [0.5, 0.6) is 0 Å². The summed E-state index contributed by atoms with van der Waals surface area (Å²) in [5.74, 6) is -1.80. The van der Waals surface area contributed by atoms with Crippen LogP contribution in [0.1, 0.15) is 17.2 Å². The largest absolute Gasteiger partial charge is 0.273 e. The van der Waals surface area contributed by atoms with Crippen LogP contribution in [-0.4, -0.2) is 17.9 Å². The number of benzene rings is 3. The number of aryl methyl sites for hydroxylation is 1. The lowest BCUT2D eigenvalue weighted by molar-refractivity contribution is -0.126. The molecule has 2 aliphatic heterocycles. The summed E-state index contributed by atoms with van der Waals surface area (Å²) < 4.78 is 13.5. The van der Waals surface area contributed by atoms with Crippen molar-refractivity contribution in [1.29, 1.82) is 0 Å². The fraction of sp³-hybridized carbons (Fsp3) is 0.167. The summed E-state index contributed by atoms with van der Waals surface area (Å²) in [7, 11) is 0. The number of nitrogens with zero attached hydrogens (tertiary/aromatic N) is 2. The molecule has 2 aliphatic rings. The number of hydroxylamine groups is 1. The normalized spacial score (nSPS) is 23.2. The predicted octanol–water partition coefficient (Wildman–Crippen LogP) is 4.19. The van der Waals surface area contributed by atoms with Crippen molar-refractivity contribution in [2.24, 2.45) is 5.92 Å². The highest BCUT2D eigenvalue weighted by atomic mass is 19.1.